The van der Waals surface area contributed by atoms with Crippen LogP contribution in [0.5, 0.6) is 0 Å². The molecule has 0 radical (unpaired) electrons. The van der Waals surface area contributed by atoms with Crippen molar-refractivity contribution in [3.05, 3.63) is 12.2 Å². The lowest BCUT2D eigenvalue weighted by Crippen LogP contribution is -2.10. The van der Waals surface area contributed by atoms with Crippen LogP contribution < -0.4 is 0 Å². The fourth-order valence-corrected chi connectivity index (χ4v) is 0.894. The van der Waals surface area contributed by atoms with Gasteiger partial charge in [0, 0.05) is 38.3 Å². The summed E-state index contributed by atoms with van der Waals surface area (Å²) < 4.78 is 0. The van der Waals surface area contributed by atoms with Crippen LogP contribution in [-0.4, -0.2) is 47.8 Å². The van der Waals surface area contributed by atoms with E-state index in [4.69, 9.17) is 0 Å². The van der Waals surface area contributed by atoms with Crippen LogP contribution in [0.3, 0.4) is 0 Å². The highest BCUT2D eigenvalue weighted by Gasteiger charge is 2.24. The van der Waals surface area contributed by atoms with Gasteiger partial charge in [-0.1, -0.05) is 0 Å². The molecule has 0 aromatic carbocycles. The number of hydrogen-bond donors (Lipinski definition) is 0. The SMILES string of the molecule is O=C(/C=C/C(=O)N1CC1)N1CC1. The van der Waals surface area contributed by atoms with Crippen LogP contribution in [0.15, 0.2) is 12.2 Å². The Bertz CT molecular complexity index is 226. The monoisotopic (exact) mass is 166 g/mol. The molecule has 0 unspecified atom stereocenters. The molecule has 0 spiro atoms. The fraction of sp³-hybridized carbons (Fsp3) is 0.500. The van der Waals surface area contributed by atoms with Crippen molar-refractivity contribution in [1.29, 1.82) is 0 Å². The summed E-state index contributed by atoms with van der Waals surface area (Å²) in [6, 6.07) is 0. The summed E-state index contributed by atoms with van der Waals surface area (Å²) in [5, 5.41) is 0. The molecule has 0 aromatic rings. The first kappa shape index (κ1) is 7.34. The van der Waals surface area contributed by atoms with E-state index in [1.807, 2.05) is 0 Å². The van der Waals surface area contributed by atoms with Crippen molar-refractivity contribution in [3.63, 3.8) is 0 Å². The molecule has 2 saturated heterocycles. The van der Waals surface area contributed by atoms with Gasteiger partial charge in [0.1, 0.15) is 0 Å². The number of hydrogen-bond acceptors (Lipinski definition) is 2. The van der Waals surface area contributed by atoms with E-state index < -0.39 is 0 Å². The van der Waals surface area contributed by atoms with Gasteiger partial charge in [-0.15, -0.1) is 0 Å². The first-order valence-electron chi connectivity index (χ1n) is 4.03. The number of rotatable bonds is 2. The Kier molecular flexibility index (Phi) is 1.60. The molecule has 2 aliphatic rings. The van der Waals surface area contributed by atoms with Gasteiger partial charge in [-0.3, -0.25) is 9.59 Å². The lowest BCUT2D eigenvalue weighted by atomic mass is 10.4. The zero-order chi connectivity index (χ0) is 8.55. The highest BCUT2D eigenvalue weighted by molar-refractivity contribution is 5.98. The maximum atomic E-state index is 11.0. The van der Waals surface area contributed by atoms with E-state index in [1.165, 1.54) is 12.2 Å². The van der Waals surface area contributed by atoms with Crippen molar-refractivity contribution in [2.45, 2.75) is 0 Å². The summed E-state index contributed by atoms with van der Waals surface area (Å²) in [4.78, 5) is 25.4. The van der Waals surface area contributed by atoms with Crippen LogP contribution in [0.2, 0.25) is 0 Å². The van der Waals surface area contributed by atoms with Crippen molar-refractivity contribution in [1.82, 2.24) is 9.80 Å². The Balaban J connectivity index is 1.82. The van der Waals surface area contributed by atoms with Crippen molar-refractivity contribution < 1.29 is 9.59 Å². The van der Waals surface area contributed by atoms with Crippen molar-refractivity contribution >= 4 is 11.8 Å². The van der Waals surface area contributed by atoms with E-state index in [2.05, 4.69) is 0 Å². The Morgan fingerprint density at radius 1 is 0.833 bits per heavy atom. The number of amides is 2. The lowest BCUT2D eigenvalue weighted by molar-refractivity contribution is -0.123. The minimum absolute atomic E-state index is 0.0507. The molecule has 2 heterocycles. The molecule has 2 rings (SSSR count). The average molecular weight is 166 g/mol. The smallest absolute Gasteiger partial charge is 0.246 e. The summed E-state index contributed by atoms with van der Waals surface area (Å²) in [7, 11) is 0. The maximum Gasteiger partial charge on any atom is 0.246 e. The summed E-state index contributed by atoms with van der Waals surface area (Å²) in [6.45, 7) is 3.34. The molecule has 12 heavy (non-hydrogen) atoms. The number of carbonyl (C=O) groups is 2. The topological polar surface area (TPSA) is 40.2 Å². The van der Waals surface area contributed by atoms with E-state index in [9.17, 15) is 9.59 Å². The first-order valence-corrected chi connectivity index (χ1v) is 4.03. The van der Waals surface area contributed by atoms with Crippen LogP contribution in [0, 0.1) is 0 Å². The molecule has 0 N–H and O–H groups in total. The third-order valence-corrected chi connectivity index (χ3v) is 1.89. The minimum atomic E-state index is -0.0507. The Morgan fingerprint density at radius 2 is 1.17 bits per heavy atom. The molecule has 2 aliphatic heterocycles. The molecule has 64 valence electrons. The molecule has 0 aromatic heterocycles. The van der Waals surface area contributed by atoms with Crippen LogP contribution in [0.4, 0.5) is 0 Å². The molecule has 4 nitrogen and oxygen atoms in total. The molecule has 0 aliphatic carbocycles. The lowest BCUT2D eigenvalue weighted by Gasteiger charge is -1.94. The largest absolute Gasteiger partial charge is 0.336 e. The minimum Gasteiger partial charge on any atom is -0.336 e. The normalized spacial score (nSPS) is 20.0. The zero-order valence-electron chi connectivity index (χ0n) is 6.69. The number of carbonyl (C=O) groups excluding carboxylic acids is 2. The molecule has 2 fully saturated rings. The maximum absolute atomic E-state index is 11.0. The first-order chi connectivity index (χ1) is 5.77. The summed E-state index contributed by atoms with van der Waals surface area (Å²) in [5.41, 5.74) is 0. The summed E-state index contributed by atoms with van der Waals surface area (Å²) in [5.74, 6) is -0.101. The Morgan fingerprint density at radius 3 is 1.42 bits per heavy atom. The third-order valence-electron chi connectivity index (χ3n) is 1.89. The zero-order valence-corrected chi connectivity index (χ0v) is 6.69. The highest BCUT2D eigenvalue weighted by Crippen LogP contribution is 2.06. The molecule has 0 bridgehead atoms. The van der Waals surface area contributed by atoms with Gasteiger partial charge in [0.25, 0.3) is 0 Å². The van der Waals surface area contributed by atoms with Crippen molar-refractivity contribution in [3.8, 4) is 0 Å². The van der Waals surface area contributed by atoms with E-state index in [-0.39, 0.29) is 11.8 Å². The Labute approximate surface area is 70.4 Å². The summed E-state index contributed by atoms with van der Waals surface area (Å²) in [6.07, 6.45) is 2.71. The summed E-state index contributed by atoms with van der Waals surface area (Å²) >= 11 is 0. The van der Waals surface area contributed by atoms with Gasteiger partial charge in [0.05, 0.1) is 0 Å². The molecule has 4 heteroatoms. The molecule has 0 atom stereocenters. The van der Waals surface area contributed by atoms with Gasteiger partial charge >= 0.3 is 0 Å². The third kappa shape index (κ3) is 1.64. The van der Waals surface area contributed by atoms with Crippen LogP contribution in [0.1, 0.15) is 0 Å². The van der Waals surface area contributed by atoms with Gasteiger partial charge in [-0.05, 0) is 0 Å². The highest BCUT2D eigenvalue weighted by atomic mass is 16.2. The van der Waals surface area contributed by atoms with Crippen LogP contribution in [-0.2, 0) is 9.59 Å². The Hall–Kier alpha value is -1.32. The fourth-order valence-electron chi connectivity index (χ4n) is 0.894. The van der Waals surface area contributed by atoms with Gasteiger partial charge in [0.2, 0.25) is 11.8 Å². The second-order valence-electron chi connectivity index (χ2n) is 2.98. The van der Waals surface area contributed by atoms with Gasteiger partial charge in [0.15, 0.2) is 0 Å². The van der Waals surface area contributed by atoms with E-state index in [0.29, 0.717) is 0 Å². The van der Waals surface area contributed by atoms with Gasteiger partial charge in [-0.25, -0.2) is 0 Å². The average Bonchev–Trinajstić information content (AvgIpc) is 2.91. The van der Waals surface area contributed by atoms with Crippen LogP contribution >= 0.6 is 0 Å². The number of nitrogens with zero attached hydrogens (tertiary/aromatic N) is 2. The molecule has 2 amide bonds. The standard InChI is InChI=1S/C8H10N2O2/c11-7(9-3-4-9)1-2-8(12)10-5-6-10/h1-2H,3-6H2/b2-1+. The van der Waals surface area contributed by atoms with Crippen LogP contribution in [0.25, 0.3) is 0 Å². The second-order valence-corrected chi connectivity index (χ2v) is 2.98. The predicted octanol–water partition coefficient (Wildman–Crippen LogP) is -0.773. The molecular formula is C8H10N2O2. The van der Waals surface area contributed by atoms with Crippen molar-refractivity contribution in [2.75, 3.05) is 26.2 Å². The molecule has 0 saturated carbocycles. The van der Waals surface area contributed by atoms with Gasteiger partial charge in [-0.2, -0.15) is 0 Å². The molecular weight excluding hydrogens is 156 g/mol. The quantitative estimate of drug-likeness (QED) is 0.399. The van der Waals surface area contributed by atoms with E-state index >= 15 is 0 Å². The van der Waals surface area contributed by atoms with Gasteiger partial charge < -0.3 is 9.80 Å². The van der Waals surface area contributed by atoms with E-state index in [0.717, 1.165) is 26.2 Å². The van der Waals surface area contributed by atoms with E-state index in [1.54, 1.807) is 9.80 Å². The second kappa shape index (κ2) is 2.62. The predicted molar refractivity (Wildman–Crippen MR) is 42.3 cm³/mol. The van der Waals surface area contributed by atoms with Crippen molar-refractivity contribution in [2.24, 2.45) is 0 Å².